The third-order valence-electron chi connectivity index (χ3n) is 2.55. The van der Waals surface area contributed by atoms with E-state index < -0.39 is 0 Å². The van der Waals surface area contributed by atoms with Gasteiger partial charge in [0.1, 0.15) is 5.82 Å². The van der Waals surface area contributed by atoms with Gasteiger partial charge in [0.15, 0.2) is 0 Å². The normalized spacial score (nSPS) is 10.8. The van der Waals surface area contributed by atoms with E-state index in [1.54, 1.807) is 25.3 Å². The molecule has 0 radical (unpaired) electrons. The zero-order valence-corrected chi connectivity index (χ0v) is 10.9. The standard InChI is InChI=1S/C13H19ClFNO/c1-17-9-4-2-3-8-16-10-11-6-5-7-12(14)13(11)15/h5-7,16H,2-4,8-10H2,1H3. The molecule has 0 aliphatic carbocycles. The molecule has 4 heteroatoms. The molecule has 0 aromatic heterocycles. The van der Waals surface area contributed by atoms with Crippen LogP contribution >= 0.6 is 11.6 Å². The fourth-order valence-electron chi connectivity index (χ4n) is 1.58. The van der Waals surface area contributed by atoms with Gasteiger partial charge in [-0.1, -0.05) is 23.7 Å². The number of benzene rings is 1. The molecule has 1 N–H and O–H groups in total. The third kappa shape index (κ3) is 5.48. The number of unbranched alkanes of at least 4 members (excludes halogenated alkanes) is 2. The second-order valence-electron chi connectivity index (χ2n) is 3.94. The van der Waals surface area contributed by atoms with E-state index in [1.807, 2.05) is 0 Å². The number of rotatable bonds is 8. The van der Waals surface area contributed by atoms with Crippen LogP contribution in [0.15, 0.2) is 18.2 Å². The van der Waals surface area contributed by atoms with E-state index in [1.165, 1.54) is 0 Å². The van der Waals surface area contributed by atoms with Crippen LogP contribution in [-0.2, 0) is 11.3 Å². The lowest BCUT2D eigenvalue weighted by Gasteiger charge is -2.06. The summed E-state index contributed by atoms with van der Waals surface area (Å²) in [6.07, 6.45) is 3.27. The number of halogens is 2. The first kappa shape index (κ1) is 14.4. The molecule has 0 spiro atoms. The summed E-state index contributed by atoms with van der Waals surface area (Å²) in [5.74, 6) is -0.318. The van der Waals surface area contributed by atoms with Crippen LogP contribution in [0, 0.1) is 5.82 Å². The highest BCUT2D eigenvalue weighted by Gasteiger charge is 2.04. The SMILES string of the molecule is COCCCCCNCc1cccc(Cl)c1F. The Morgan fingerprint density at radius 2 is 2.12 bits per heavy atom. The minimum Gasteiger partial charge on any atom is -0.385 e. The van der Waals surface area contributed by atoms with Crippen molar-refractivity contribution in [2.24, 2.45) is 0 Å². The van der Waals surface area contributed by atoms with Gasteiger partial charge in [-0.25, -0.2) is 4.39 Å². The van der Waals surface area contributed by atoms with Crippen LogP contribution in [0.4, 0.5) is 4.39 Å². The van der Waals surface area contributed by atoms with Gasteiger partial charge in [-0.05, 0) is 31.9 Å². The van der Waals surface area contributed by atoms with Crippen molar-refractivity contribution in [1.29, 1.82) is 0 Å². The maximum absolute atomic E-state index is 13.5. The van der Waals surface area contributed by atoms with E-state index >= 15 is 0 Å². The quantitative estimate of drug-likeness (QED) is 0.723. The van der Waals surface area contributed by atoms with Gasteiger partial charge in [0.05, 0.1) is 5.02 Å². The van der Waals surface area contributed by atoms with E-state index in [0.29, 0.717) is 12.1 Å². The van der Waals surface area contributed by atoms with Gasteiger partial charge in [0.25, 0.3) is 0 Å². The number of hydrogen-bond donors (Lipinski definition) is 1. The number of ether oxygens (including phenoxy) is 1. The summed E-state index contributed by atoms with van der Waals surface area (Å²) in [5.41, 5.74) is 0.620. The maximum Gasteiger partial charge on any atom is 0.146 e. The first-order chi connectivity index (χ1) is 8.25. The third-order valence-corrected chi connectivity index (χ3v) is 2.84. The zero-order chi connectivity index (χ0) is 12.5. The Hall–Kier alpha value is -0.640. The Balaban J connectivity index is 2.16. The molecule has 0 bridgehead atoms. The van der Waals surface area contributed by atoms with Crippen molar-refractivity contribution in [3.63, 3.8) is 0 Å². The molecular weight excluding hydrogens is 241 g/mol. The van der Waals surface area contributed by atoms with Gasteiger partial charge in [-0.2, -0.15) is 0 Å². The molecule has 1 aromatic rings. The highest BCUT2D eigenvalue weighted by molar-refractivity contribution is 6.30. The average molecular weight is 260 g/mol. The summed E-state index contributed by atoms with van der Waals surface area (Å²) in [7, 11) is 1.71. The number of methoxy groups -OCH3 is 1. The van der Waals surface area contributed by atoms with Crippen molar-refractivity contribution in [1.82, 2.24) is 5.32 Å². The Labute approximate surface area is 107 Å². The molecule has 0 unspecified atom stereocenters. The molecule has 0 aliphatic rings. The monoisotopic (exact) mass is 259 g/mol. The van der Waals surface area contributed by atoms with Crippen LogP contribution in [0.5, 0.6) is 0 Å². The second kappa shape index (κ2) is 8.45. The van der Waals surface area contributed by atoms with Crippen LogP contribution in [0.25, 0.3) is 0 Å². The summed E-state index contributed by atoms with van der Waals surface area (Å²) >= 11 is 5.69. The van der Waals surface area contributed by atoms with Gasteiger partial charge in [0, 0.05) is 25.8 Å². The van der Waals surface area contributed by atoms with Crippen LogP contribution in [0.2, 0.25) is 5.02 Å². The van der Waals surface area contributed by atoms with E-state index in [9.17, 15) is 4.39 Å². The van der Waals surface area contributed by atoms with Gasteiger partial charge >= 0.3 is 0 Å². The van der Waals surface area contributed by atoms with Gasteiger partial charge in [-0.15, -0.1) is 0 Å². The van der Waals surface area contributed by atoms with E-state index in [4.69, 9.17) is 16.3 Å². The Morgan fingerprint density at radius 3 is 2.88 bits per heavy atom. The average Bonchev–Trinajstić information content (AvgIpc) is 2.33. The summed E-state index contributed by atoms with van der Waals surface area (Å²) in [4.78, 5) is 0. The largest absolute Gasteiger partial charge is 0.385 e. The van der Waals surface area contributed by atoms with Crippen LogP contribution in [0.1, 0.15) is 24.8 Å². The first-order valence-corrected chi connectivity index (χ1v) is 6.26. The van der Waals surface area contributed by atoms with Crippen molar-refractivity contribution >= 4 is 11.6 Å². The Morgan fingerprint density at radius 1 is 1.29 bits per heavy atom. The smallest absolute Gasteiger partial charge is 0.146 e. The molecule has 0 atom stereocenters. The summed E-state index contributed by atoms with van der Waals surface area (Å²) < 4.78 is 18.5. The molecule has 0 amide bonds. The van der Waals surface area contributed by atoms with E-state index in [0.717, 1.165) is 32.4 Å². The maximum atomic E-state index is 13.5. The lowest BCUT2D eigenvalue weighted by Crippen LogP contribution is -2.15. The van der Waals surface area contributed by atoms with E-state index in [2.05, 4.69) is 5.32 Å². The predicted molar refractivity (Wildman–Crippen MR) is 68.8 cm³/mol. The van der Waals surface area contributed by atoms with Gasteiger partial charge in [-0.3, -0.25) is 0 Å². The molecule has 0 saturated heterocycles. The summed E-state index contributed by atoms with van der Waals surface area (Å²) in [5, 5.41) is 3.39. The highest BCUT2D eigenvalue weighted by Crippen LogP contribution is 2.17. The minimum atomic E-state index is -0.318. The fraction of sp³-hybridized carbons (Fsp3) is 0.538. The van der Waals surface area contributed by atoms with Crippen molar-refractivity contribution in [3.8, 4) is 0 Å². The molecule has 0 saturated carbocycles. The molecule has 1 aromatic carbocycles. The molecule has 0 aliphatic heterocycles. The highest BCUT2D eigenvalue weighted by atomic mass is 35.5. The molecule has 0 heterocycles. The molecular formula is C13H19ClFNO. The topological polar surface area (TPSA) is 21.3 Å². The van der Waals surface area contributed by atoms with Crippen molar-refractivity contribution < 1.29 is 9.13 Å². The predicted octanol–water partition coefficient (Wildman–Crippen LogP) is 3.39. The Kier molecular flexibility index (Phi) is 7.17. The van der Waals surface area contributed by atoms with Crippen LogP contribution in [0.3, 0.4) is 0 Å². The molecule has 1 rings (SSSR count). The van der Waals surface area contributed by atoms with Crippen LogP contribution < -0.4 is 5.32 Å². The number of nitrogens with one attached hydrogen (secondary N) is 1. The molecule has 2 nitrogen and oxygen atoms in total. The van der Waals surface area contributed by atoms with Crippen molar-refractivity contribution in [3.05, 3.63) is 34.6 Å². The van der Waals surface area contributed by atoms with Crippen molar-refractivity contribution in [2.45, 2.75) is 25.8 Å². The minimum absolute atomic E-state index is 0.185. The first-order valence-electron chi connectivity index (χ1n) is 5.88. The van der Waals surface area contributed by atoms with Gasteiger partial charge < -0.3 is 10.1 Å². The summed E-state index contributed by atoms with van der Waals surface area (Å²) in [6, 6.07) is 5.07. The Bertz CT molecular complexity index is 333. The zero-order valence-electron chi connectivity index (χ0n) is 10.1. The molecule has 96 valence electrons. The summed E-state index contributed by atoms with van der Waals surface area (Å²) in [6.45, 7) is 2.22. The van der Waals surface area contributed by atoms with Gasteiger partial charge in [0.2, 0.25) is 0 Å². The van der Waals surface area contributed by atoms with E-state index in [-0.39, 0.29) is 10.8 Å². The number of hydrogen-bond acceptors (Lipinski definition) is 2. The molecule has 17 heavy (non-hydrogen) atoms. The fourth-order valence-corrected chi connectivity index (χ4v) is 1.78. The molecule has 0 fully saturated rings. The van der Waals surface area contributed by atoms with Crippen molar-refractivity contribution in [2.75, 3.05) is 20.3 Å². The lowest BCUT2D eigenvalue weighted by molar-refractivity contribution is 0.192. The van der Waals surface area contributed by atoms with Crippen LogP contribution in [-0.4, -0.2) is 20.3 Å². The second-order valence-corrected chi connectivity index (χ2v) is 4.35. The lowest BCUT2D eigenvalue weighted by atomic mass is 10.2.